The molecule has 1 aromatic heterocycles. The number of nitrogens with one attached hydrogen (secondary N) is 1. The largest absolute Gasteiger partial charge is 0.416 e. The van der Waals surface area contributed by atoms with E-state index in [1.54, 1.807) is 24.3 Å². The predicted molar refractivity (Wildman–Crippen MR) is 104 cm³/mol. The second kappa shape index (κ2) is 8.06. The van der Waals surface area contributed by atoms with E-state index in [0.717, 1.165) is 16.8 Å². The van der Waals surface area contributed by atoms with Gasteiger partial charge in [-0.05, 0) is 29.7 Å². The molecule has 5 nitrogen and oxygen atoms in total. The lowest BCUT2D eigenvalue weighted by molar-refractivity contribution is -0.137. The van der Waals surface area contributed by atoms with Crippen molar-refractivity contribution < 1.29 is 18.0 Å². The van der Waals surface area contributed by atoms with E-state index in [2.05, 4.69) is 10.4 Å². The number of benzene rings is 2. The van der Waals surface area contributed by atoms with Crippen molar-refractivity contribution in [3.8, 4) is 0 Å². The Balaban J connectivity index is 1.92. The summed E-state index contributed by atoms with van der Waals surface area (Å²) in [6, 6.07) is 11.3. The third-order valence-corrected chi connectivity index (χ3v) is 4.29. The van der Waals surface area contributed by atoms with Crippen molar-refractivity contribution in [2.45, 2.75) is 32.9 Å². The third kappa shape index (κ3) is 4.82. The van der Waals surface area contributed by atoms with Crippen molar-refractivity contribution in [3.05, 3.63) is 75.8 Å². The lowest BCUT2D eigenvalue weighted by Crippen LogP contribution is -2.37. The van der Waals surface area contributed by atoms with Crippen LogP contribution in [0.15, 0.2) is 53.3 Å². The molecule has 29 heavy (non-hydrogen) atoms. The van der Waals surface area contributed by atoms with Crippen LogP contribution in [0.5, 0.6) is 0 Å². The highest BCUT2D eigenvalue weighted by atomic mass is 19.4. The molecule has 0 unspecified atom stereocenters. The SMILES string of the molecule is CC(C)Cc1nc2ccccc2c(=O)n1NC(=O)Cc1cccc(C(F)(F)F)c1. The standard InChI is InChI=1S/C21H20F3N3O2/c1-13(2)10-18-25-17-9-4-3-8-16(17)20(29)27(18)26-19(28)12-14-6-5-7-15(11-14)21(22,23)24/h3-9,11,13H,10,12H2,1-2H3,(H,26,28). The minimum atomic E-state index is -4.49. The summed E-state index contributed by atoms with van der Waals surface area (Å²) in [5.74, 6) is -0.0377. The molecule has 1 N–H and O–H groups in total. The molecular weight excluding hydrogens is 383 g/mol. The van der Waals surface area contributed by atoms with Crippen molar-refractivity contribution >= 4 is 16.8 Å². The molecule has 8 heteroatoms. The molecule has 3 rings (SSSR count). The molecule has 3 aromatic rings. The topological polar surface area (TPSA) is 64.0 Å². The highest BCUT2D eigenvalue weighted by Gasteiger charge is 2.30. The number of alkyl halides is 3. The van der Waals surface area contributed by atoms with Crippen molar-refractivity contribution in [2.75, 3.05) is 5.43 Å². The number of para-hydroxylation sites is 1. The van der Waals surface area contributed by atoms with E-state index in [0.29, 0.717) is 23.1 Å². The molecule has 1 amide bonds. The number of hydrogen-bond donors (Lipinski definition) is 1. The minimum absolute atomic E-state index is 0.176. The molecule has 152 valence electrons. The van der Waals surface area contributed by atoms with Gasteiger partial charge in [0.1, 0.15) is 5.82 Å². The quantitative estimate of drug-likeness (QED) is 0.702. The average molecular weight is 403 g/mol. The number of rotatable bonds is 5. The van der Waals surface area contributed by atoms with Crippen LogP contribution < -0.4 is 11.0 Å². The fourth-order valence-electron chi connectivity index (χ4n) is 3.00. The molecule has 1 heterocycles. The first-order valence-electron chi connectivity index (χ1n) is 9.12. The Morgan fingerprint density at radius 3 is 2.55 bits per heavy atom. The number of carbonyl (C=O) groups excluding carboxylic acids is 1. The van der Waals surface area contributed by atoms with Gasteiger partial charge in [-0.2, -0.15) is 13.2 Å². The summed E-state index contributed by atoms with van der Waals surface area (Å²) >= 11 is 0. The van der Waals surface area contributed by atoms with Crippen LogP contribution in [0.2, 0.25) is 0 Å². The molecule has 0 aliphatic rings. The van der Waals surface area contributed by atoms with Crippen LogP contribution in [-0.4, -0.2) is 15.6 Å². The number of nitrogens with zero attached hydrogens (tertiary/aromatic N) is 2. The van der Waals surface area contributed by atoms with E-state index >= 15 is 0 Å². The fourth-order valence-corrected chi connectivity index (χ4v) is 3.00. The van der Waals surface area contributed by atoms with Crippen LogP contribution in [0.1, 0.15) is 30.8 Å². The van der Waals surface area contributed by atoms with Gasteiger partial charge in [0, 0.05) is 6.42 Å². The van der Waals surface area contributed by atoms with Crippen LogP contribution in [0.3, 0.4) is 0 Å². The first kappa shape index (κ1) is 20.6. The van der Waals surface area contributed by atoms with E-state index in [1.165, 1.54) is 12.1 Å². The van der Waals surface area contributed by atoms with Gasteiger partial charge in [-0.1, -0.05) is 44.2 Å². The number of fused-ring (bicyclic) bond motifs is 1. The Labute approximate surface area is 165 Å². The van der Waals surface area contributed by atoms with Crippen LogP contribution in [0.25, 0.3) is 10.9 Å². The number of aromatic nitrogens is 2. The van der Waals surface area contributed by atoms with Crippen molar-refractivity contribution in [1.82, 2.24) is 9.66 Å². The maximum absolute atomic E-state index is 12.9. The van der Waals surface area contributed by atoms with Crippen molar-refractivity contribution in [2.24, 2.45) is 5.92 Å². The molecule has 0 aliphatic carbocycles. The minimum Gasteiger partial charge on any atom is -0.273 e. The maximum Gasteiger partial charge on any atom is 0.416 e. The van der Waals surface area contributed by atoms with E-state index in [1.807, 2.05) is 13.8 Å². The summed E-state index contributed by atoms with van der Waals surface area (Å²) in [4.78, 5) is 29.8. The van der Waals surface area contributed by atoms with Gasteiger partial charge in [0.25, 0.3) is 5.56 Å². The van der Waals surface area contributed by atoms with Gasteiger partial charge in [-0.3, -0.25) is 15.0 Å². The van der Waals surface area contributed by atoms with Gasteiger partial charge >= 0.3 is 6.18 Å². The third-order valence-electron chi connectivity index (χ3n) is 4.29. The molecular formula is C21H20F3N3O2. The number of halogens is 3. The Hall–Kier alpha value is -3.16. The van der Waals surface area contributed by atoms with Gasteiger partial charge in [-0.25, -0.2) is 9.66 Å². The summed E-state index contributed by atoms with van der Waals surface area (Å²) in [6.07, 6.45) is -4.34. The zero-order valence-electron chi connectivity index (χ0n) is 16.0. The van der Waals surface area contributed by atoms with E-state index < -0.39 is 23.2 Å². The van der Waals surface area contributed by atoms with Gasteiger partial charge in [0.05, 0.1) is 22.9 Å². The summed E-state index contributed by atoms with van der Waals surface area (Å²) in [5.41, 5.74) is 1.97. The lowest BCUT2D eigenvalue weighted by atomic mass is 10.1. The highest BCUT2D eigenvalue weighted by molar-refractivity contribution is 5.86. The van der Waals surface area contributed by atoms with Crippen LogP contribution in [0.4, 0.5) is 13.2 Å². The first-order valence-corrected chi connectivity index (χ1v) is 9.12. The average Bonchev–Trinajstić information content (AvgIpc) is 2.64. The Morgan fingerprint density at radius 1 is 1.14 bits per heavy atom. The van der Waals surface area contributed by atoms with Crippen LogP contribution in [0, 0.1) is 5.92 Å². The summed E-state index contributed by atoms with van der Waals surface area (Å²) in [6.45, 7) is 3.91. The fraction of sp³-hybridized carbons (Fsp3) is 0.286. The van der Waals surface area contributed by atoms with E-state index in [-0.39, 0.29) is 17.9 Å². The number of hydrogen-bond acceptors (Lipinski definition) is 3. The smallest absolute Gasteiger partial charge is 0.273 e. The molecule has 0 spiro atoms. The summed E-state index contributed by atoms with van der Waals surface area (Å²) in [7, 11) is 0. The zero-order valence-corrected chi connectivity index (χ0v) is 16.0. The van der Waals surface area contributed by atoms with Gasteiger partial charge in [-0.15, -0.1) is 0 Å². The summed E-state index contributed by atoms with van der Waals surface area (Å²) < 4.78 is 39.7. The molecule has 0 saturated carbocycles. The first-order chi connectivity index (χ1) is 13.6. The molecule has 0 fully saturated rings. The monoisotopic (exact) mass is 403 g/mol. The molecule has 2 aromatic carbocycles. The Kier molecular flexibility index (Phi) is 5.72. The zero-order chi connectivity index (χ0) is 21.2. The number of amides is 1. The van der Waals surface area contributed by atoms with E-state index in [4.69, 9.17) is 0 Å². The van der Waals surface area contributed by atoms with Gasteiger partial charge in [0.2, 0.25) is 5.91 Å². The predicted octanol–water partition coefficient (Wildman–Crippen LogP) is 3.93. The van der Waals surface area contributed by atoms with Crippen molar-refractivity contribution in [3.63, 3.8) is 0 Å². The Morgan fingerprint density at radius 2 is 1.86 bits per heavy atom. The lowest BCUT2D eigenvalue weighted by Gasteiger charge is -2.16. The molecule has 0 aliphatic heterocycles. The molecule has 0 bridgehead atoms. The molecule has 0 atom stereocenters. The second-order valence-electron chi connectivity index (χ2n) is 7.19. The normalized spacial score (nSPS) is 11.8. The Bertz CT molecular complexity index is 1100. The van der Waals surface area contributed by atoms with E-state index in [9.17, 15) is 22.8 Å². The van der Waals surface area contributed by atoms with Crippen LogP contribution >= 0.6 is 0 Å². The second-order valence-corrected chi connectivity index (χ2v) is 7.19. The summed E-state index contributed by atoms with van der Waals surface area (Å²) in [5, 5.41) is 0.347. The molecule has 0 saturated heterocycles. The highest BCUT2D eigenvalue weighted by Crippen LogP contribution is 2.29. The number of carbonyl (C=O) groups is 1. The van der Waals surface area contributed by atoms with Crippen LogP contribution in [-0.2, 0) is 23.8 Å². The van der Waals surface area contributed by atoms with Gasteiger partial charge < -0.3 is 0 Å². The maximum atomic E-state index is 12.9. The van der Waals surface area contributed by atoms with Gasteiger partial charge in [0.15, 0.2) is 0 Å². The molecule has 0 radical (unpaired) electrons. The van der Waals surface area contributed by atoms with Crippen molar-refractivity contribution in [1.29, 1.82) is 0 Å².